The molecular weight excluding hydrogens is 344 g/mol. The van der Waals surface area contributed by atoms with Gasteiger partial charge in [-0.1, -0.05) is 12.1 Å². The van der Waals surface area contributed by atoms with E-state index < -0.39 is 0 Å². The first-order chi connectivity index (χ1) is 13.1. The van der Waals surface area contributed by atoms with Crippen LogP contribution in [0, 0.1) is 6.92 Å². The van der Waals surface area contributed by atoms with E-state index in [4.69, 9.17) is 4.74 Å². The summed E-state index contributed by atoms with van der Waals surface area (Å²) >= 11 is 0. The van der Waals surface area contributed by atoms with Crippen LogP contribution in [0.2, 0.25) is 0 Å². The Labute approximate surface area is 156 Å². The second-order valence-corrected chi connectivity index (χ2v) is 6.90. The maximum atomic E-state index is 13.2. The van der Waals surface area contributed by atoms with Crippen LogP contribution < -0.4 is 10.3 Å². The van der Waals surface area contributed by atoms with Gasteiger partial charge in [-0.3, -0.25) is 14.7 Å². The van der Waals surface area contributed by atoms with Gasteiger partial charge in [0.2, 0.25) is 0 Å². The minimum atomic E-state index is -0.368. The van der Waals surface area contributed by atoms with Crippen molar-refractivity contribution in [3.63, 3.8) is 0 Å². The number of methoxy groups -OCH3 is 1. The van der Waals surface area contributed by atoms with Gasteiger partial charge in [-0.2, -0.15) is 0 Å². The van der Waals surface area contributed by atoms with Gasteiger partial charge in [0, 0.05) is 24.5 Å². The third kappa shape index (κ3) is 3.09. The second kappa shape index (κ2) is 6.90. The Kier molecular flexibility index (Phi) is 4.43. The fourth-order valence-corrected chi connectivity index (χ4v) is 3.75. The van der Waals surface area contributed by atoms with Gasteiger partial charge in [-0.15, -0.1) is 0 Å². The Hall–Kier alpha value is -3.09. The Balaban J connectivity index is 1.72. The normalized spacial score (nSPS) is 17.3. The highest BCUT2D eigenvalue weighted by molar-refractivity contribution is 5.94. The van der Waals surface area contributed by atoms with Crippen LogP contribution in [-0.2, 0) is 0 Å². The van der Waals surface area contributed by atoms with E-state index in [1.165, 1.54) is 10.7 Å². The molecule has 4 rings (SSSR count). The molecule has 1 saturated heterocycles. The lowest BCUT2D eigenvalue weighted by molar-refractivity contribution is 0.0608. The summed E-state index contributed by atoms with van der Waals surface area (Å²) in [7, 11) is 1.63. The van der Waals surface area contributed by atoms with Crippen molar-refractivity contribution >= 4 is 11.6 Å². The average Bonchev–Trinajstić information content (AvgIpc) is 3.09. The summed E-state index contributed by atoms with van der Waals surface area (Å²) in [4.78, 5) is 32.1. The number of aryl methyl sites for hydroxylation is 1. The van der Waals surface area contributed by atoms with Crippen molar-refractivity contribution in [1.29, 1.82) is 0 Å². The number of hydrogen-bond acceptors (Lipinski definition) is 4. The van der Waals surface area contributed by atoms with Gasteiger partial charge in [0.1, 0.15) is 11.3 Å². The minimum absolute atomic E-state index is 0.0770. The van der Waals surface area contributed by atoms with Gasteiger partial charge in [-0.25, -0.2) is 9.50 Å². The lowest BCUT2D eigenvalue weighted by Gasteiger charge is -2.36. The van der Waals surface area contributed by atoms with Crippen molar-refractivity contribution in [1.82, 2.24) is 19.5 Å². The molecule has 1 amide bonds. The second-order valence-electron chi connectivity index (χ2n) is 6.90. The fraction of sp³-hybridized carbons (Fsp3) is 0.350. The summed E-state index contributed by atoms with van der Waals surface area (Å²) in [6.45, 7) is 2.46. The summed E-state index contributed by atoms with van der Waals surface area (Å²) in [5, 5.41) is 2.94. The Morgan fingerprint density at radius 1 is 1.30 bits per heavy atom. The van der Waals surface area contributed by atoms with Crippen LogP contribution in [0.5, 0.6) is 5.75 Å². The van der Waals surface area contributed by atoms with Crippen molar-refractivity contribution in [2.24, 2.45) is 0 Å². The number of H-pyrrole nitrogens is 1. The van der Waals surface area contributed by atoms with Crippen molar-refractivity contribution in [3.05, 3.63) is 63.7 Å². The number of nitrogens with zero attached hydrogens (tertiary/aromatic N) is 3. The Morgan fingerprint density at radius 3 is 2.96 bits per heavy atom. The summed E-state index contributed by atoms with van der Waals surface area (Å²) in [5.74, 6) is 0.483. The molecule has 0 bridgehead atoms. The van der Waals surface area contributed by atoms with Crippen molar-refractivity contribution < 1.29 is 9.53 Å². The van der Waals surface area contributed by atoms with Crippen LogP contribution in [0.15, 0.2) is 41.3 Å². The number of piperidine rings is 1. The molecule has 0 aliphatic carbocycles. The molecule has 7 nitrogen and oxygen atoms in total. The van der Waals surface area contributed by atoms with E-state index in [9.17, 15) is 9.59 Å². The van der Waals surface area contributed by atoms with Crippen molar-refractivity contribution in [3.8, 4) is 5.75 Å². The molecule has 0 saturated carbocycles. The molecule has 27 heavy (non-hydrogen) atoms. The van der Waals surface area contributed by atoms with Crippen molar-refractivity contribution in [2.45, 2.75) is 32.2 Å². The average molecular weight is 366 g/mol. The first-order valence-electron chi connectivity index (χ1n) is 9.11. The van der Waals surface area contributed by atoms with E-state index in [1.54, 1.807) is 18.1 Å². The fourth-order valence-electron chi connectivity index (χ4n) is 3.75. The molecular formula is C20H22N4O3. The number of likely N-dealkylation sites (tertiary alicyclic amines) is 1. The SMILES string of the molecule is COc1cccc(C2CCCCN2C(=O)c2cnc3cc(C)[nH]n3c2=O)c1. The number of fused-ring (bicyclic) bond motifs is 1. The maximum Gasteiger partial charge on any atom is 0.285 e. The number of amides is 1. The van der Waals surface area contributed by atoms with Gasteiger partial charge < -0.3 is 9.64 Å². The van der Waals surface area contributed by atoms with E-state index >= 15 is 0 Å². The van der Waals surface area contributed by atoms with E-state index in [-0.39, 0.29) is 23.1 Å². The molecule has 7 heteroatoms. The predicted octanol–water partition coefficient (Wildman–Crippen LogP) is 2.71. The molecule has 3 aromatic rings. The monoisotopic (exact) mass is 366 g/mol. The van der Waals surface area contributed by atoms with Crippen LogP contribution in [0.3, 0.4) is 0 Å². The van der Waals surface area contributed by atoms with Gasteiger partial charge in [0.05, 0.1) is 13.2 Å². The highest BCUT2D eigenvalue weighted by Crippen LogP contribution is 2.33. The standard InChI is InChI=1S/C20H22N4O3/c1-13-10-18-21-12-16(20(26)24(18)22-13)19(25)23-9-4-3-8-17(23)14-6-5-7-15(11-14)27-2/h5-7,10-12,17,22H,3-4,8-9H2,1-2H3. The largest absolute Gasteiger partial charge is 0.497 e. The molecule has 1 aliphatic heterocycles. The lowest BCUT2D eigenvalue weighted by Crippen LogP contribution is -2.41. The topological polar surface area (TPSA) is 79.7 Å². The smallest absolute Gasteiger partial charge is 0.285 e. The zero-order chi connectivity index (χ0) is 19.0. The molecule has 1 aromatic carbocycles. The molecule has 1 atom stereocenters. The molecule has 1 aliphatic rings. The zero-order valence-electron chi connectivity index (χ0n) is 15.4. The third-order valence-corrected chi connectivity index (χ3v) is 5.09. The van der Waals surface area contributed by atoms with E-state index in [1.807, 2.05) is 31.2 Å². The quantitative estimate of drug-likeness (QED) is 0.773. The number of aromatic amines is 1. The summed E-state index contributed by atoms with van der Waals surface area (Å²) < 4.78 is 6.65. The van der Waals surface area contributed by atoms with Crippen LogP contribution in [0.4, 0.5) is 0 Å². The number of aromatic nitrogens is 3. The number of ether oxygens (including phenoxy) is 1. The molecule has 0 radical (unpaired) electrons. The maximum absolute atomic E-state index is 13.2. The molecule has 2 aromatic heterocycles. The Morgan fingerprint density at radius 2 is 2.15 bits per heavy atom. The highest BCUT2D eigenvalue weighted by Gasteiger charge is 2.30. The molecule has 1 N–H and O–H groups in total. The summed E-state index contributed by atoms with van der Waals surface area (Å²) in [6.07, 6.45) is 4.21. The first kappa shape index (κ1) is 17.3. The van der Waals surface area contributed by atoms with Crippen LogP contribution in [0.25, 0.3) is 5.65 Å². The van der Waals surface area contributed by atoms with E-state index in [0.717, 1.165) is 36.3 Å². The zero-order valence-corrected chi connectivity index (χ0v) is 15.4. The minimum Gasteiger partial charge on any atom is -0.497 e. The Bertz CT molecular complexity index is 1050. The molecule has 1 unspecified atom stereocenters. The van der Waals surface area contributed by atoms with Crippen LogP contribution in [-0.4, -0.2) is 39.1 Å². The number of carbonyl (C=O) groups excluding carboxylic acids is 1. The summed E-state index contributed by atoms with van der Waals surface area (Å²) in [6, 6.07) is 9.47. The molecule has 1 fully saturated rings. The van der Waals surface area contributed by atoms with Gasteiger partial charge >= 0.3 is 0 Å². The van der Waals surface area contributed by atoms with E-state index in [2.05, 4.69) is 10.1 Å². The summed E-state index contributed by atoms with van der Waals surface area (Å²) in [5.41, 5.74) is 2.07. The van der Waals surface area contributed by atoms with Gasteiger partial charge in [0.15, 0.2) is 5.65 Å². The predicted molar refractivity (Wildman–Crippen MR) is 101 cm³/mol. The third-order valence-electron chi connectivity index (χ3n) is 5.09. The van der Waals surface area contributed by atoms with E-state index in [0.29, 0.717) is 12.2 Å². The van der Waals surface area contributed by atoms with Crippen molar-refractivity contribution in [2.75, 3.05) is 13.7 Å². The van der Waals surface area contributed by atoms with Gasteiger partial charge in [0.25, 0.3) is 11.5 Å². The number of nitrogens with one attached hydrogen (secondary N) is 1. The number of carbonyl (C=O) groups is 1. The first-order valence-corrected chi connectivity index (χ1v) is 9.11. The molecule has 3 heterocycles. The lowest BCUT2D eigenvalue weighted by atomic mass is 9.94. The molecule has 140 valence electrons. The highest BCUT2D eigenvalue weighted by atomic mass is 16.5. The van der Waals surface area contributed by atoms with Crippen LogP contribution >= 0.6 is 0 Å². The van der Waals surface area contributed by atoms with Gasteiger partial charge in [-0.05, 0) is 43.9 Å². The number of hydrogen-bond donors (Lipinski definition) is 1. The number of rotatable bonds is 3. The number of benzene rings is 1. The molecule has 0 spiro atoms. The van der Waals surface area contributed by atoms with Crippen LogP contribution in [0.1, 0.15) is 46.9 Å².